The van der Waals surface area contributed by atoms with Crippen molar-refractivity contribution in [2.45, 2.75) is 13.8 Å². The molecule has 0 spiro atoms. The summed E-state index contributed by atoms with van der Waals surface area (Å²) < 4.78 is 5.60. The largest absolute Gasteiger partial charge is 0.422 e. The van der Waals surface area contributed by atoms with Crippen molar-refractivity contribution in [3.05, 3.63) is 98.8 Å². The molecule has 0 radical (unpaired) electrons. The van der Waals surface area contributed by atoms with Gasteiger partial charge in [0.25, 0.3) is 0 Å². The summed E-state index contributed by atoms with van der Waals surface area (Å²) in [6.45, 7) is 4.02. The second kappa shape index (κ2) is 8.38. The molecule has 160 valence electrons. The highest BCUT2D eigenvalue weighted by atomic mass is 32.1. The summed E-state index contributed by atoms with van der Waals surface area (Å²) in [7, 11) is 0. The fourth-order valence-electron chi connectivity index (χ4n) is 3.75. The number of nitrogens with zero attached hydrogens (tertiary/aromatic N) is 2. The van der Waals surface area contributed by atoms with Crippen LogP contribution in [-0.2, 0) is 0 Å². The Morgan fingerprint density at radius 3 is 2.79 bits per heavy atom. The van der Waals surface area contributed by atoms with E-state index in [0.717, 1.165) is 33.0 Å². The topological polar surface area (TPSA) is 78.9 Å². The molecule has 3 aromatic carbocycles. The lowest BCUT2D eigenvalue weighted by atomic mass is 10.0. The first-order chi connectivity index (χ1) is 16.0. The first kappa shape index (κ1) is 20.7. The number of benzene rings is 3. The Morgan fingerprint density at radius 2 is 1.94 bits per heavy atom. The maximum Gasteiger partial charge on any atom is 0.345 e. The number of aryl methyl sites for hydroxylation is 2. The van der Waals surface area contributed by atoms with Gasteiger partial charge in [0.15, 0.2) is 0 Å². The number of nitrogens with one attached hydrogen (secondary N) is 1. The molecule has 0 atom stereocenters. The molecule has 0 fully saturated rings. The third kappa shape index (κ3) is 3.91. The molecule has 5 rings (SSSR count). The maximum absolute atomic E-state index is 12.7. The van der Waals surface area contributed by atoms with Crippen molar-refractivity contribution >= 4 is 44.3 Å². The van der Waals surface area contributed by atoms with Crippen molar-refractivity contribution in [2.75, 3.05) is 5.32 Å². The number of aromatic nitrogens is 1. The molecule has 0 amide bonds. The lowest BCUT2D eigenvalue weighted by molar-refractivity contribution is 0.563. The van der Waals surface area contributed by atoms with Gasteiger partial charge in [-0.25, -0.2) is 9.78 Å². The van der Waals surface area contributed by atoms with Crippen LogP contribution in [-0.4, -0.2) is 4.98 Å². The van der Waals surface area contributed by atoms with Crippen LogP contribution >= 0.6 is 11.3 Å². The molecule has 0 aliphatic carbocycles. The molecule has 5 nitrogen and oxygen atoms in total. The lowest BCUT2D eigenvalue weighted by Gasteiger charge is -2.07. The summed E-state index contributed by atoms with van der Waals surface area (Å²) in [5, 5.41) is 18.1. The molecule has 6 heteroatoms. The fourth-order valence-corrected chi connectivity index (χ4v) is 4.54. The molecule has 0 aliphatic rings. The number of hydrogen-bond acceptors (Lipinski definition) is 6. The number of anilines is 1. The Labute approximate surface area is 194 Å². The van der Waals surface area contributed by atoms with Crippen molar-refractivity contribution in [3.8, 4) is 17.3 Å². The molecule has 0 aliphatic heterocycles. The van der Waals surface area contributed by atoms with Gasteiger partial charge in [-0.3, -0.25) is 0 Å². The van der Waals surface area contributed by atoms with Crippen molar-refractivity contribution < 1.29 is 4.42 Å². The van der Waals surface area contributed by atoms with Crippen molar-refractivity contribution in [3.63, 3.8) is 0 Å². The summed E-state index contributed by atoms with van der Waals surface area (Å²) >= 11 is 1.31. The van der Waals surface area contributed by atoms with Crippen LogP contribution < -0.4 is 10.9 Å². The summed E-state index contributed by atoms with van der Waals surface area (Å²) in [5.41, 5.74) is 4.48. The first-order valence-corrected chi connectivity index (χ1v) is 11.3. The van der Waals surface area contributed by atoms with Gasteiger partial charge in [0.1, 0.15) is 22.2 Å². The Bertz CT molecular complexity index is 1650. The van der Waals surface area contributed by atoms with Crippen LogP contribution in [0.15, 0.2) is 81.5 Å². The molecule has 1 N–H and O–H groups in total. The van der Waals surface area contributed by atoms with Gasteiger partial charge in [0.05, 0.1) is 11.3 Å². The smallest absolute Gasteiger partial charge is 0.345 e. The molecular weight excluding hydrogens is 430 g/mol. The van der Waals surface area contributed by atoms with Gasteiger partial charge in [-0.05, 0) is 53.9 Å². The summed E-state index contributed by atoms with van der Waals surface area (Å²) in [5.74, 6) is 0. The van der Waals surface area contributed by atoms with Gasteiger partial charge in [-0.15, -0.1) is 11.3 Å². The third-order valence-electron chi connectivity index (χ3n) is 5.54. The van der Waals surface area contributed by atoms with E-state index in [2.05, 4.69) is 16.4 Å². The van der Waals surface area contributed by atoms with Crippen molar-refractivity contribution in [2.24, 2.45) is 0 Å². The molecule has 0 unspecified atom stereocenters. The van der Waals surface area contributed by atoms with E-state index in [1.807, 2.05) is 74.5 Å². The monoisotopic (exact) mass is 449 g/mol. The molecule has 2 aromatic heterocycles. The van der Waals surface area contributed by atoms with Crippen LogP contribution in [0.2, 0.25) is 0 Å². The van der Waals surface area contributed by atoms with E-state index < -0.39 is 5.63 Å². The Morgan fingerprint density at radius 1 is 1.09 bits per heavy atom. The number of fused-ring (bicyclic) bond motifs is 3. The van der Waals surface area contributed by atoms with Crippen LogP contribution in [0.25, 0.3) is 38.6 Å². The lowest BCUT2D eigenvalue weighted by Crippen LogP contribution is -2.03. The van der Waals surface area contributed by atoms with E-state index >= 15 is 0 Å². The first-order valence-electron chi connectivity index (χ1n) is 10.4. The molecule has 33 heavy (non-hydrogen) atoms. The number of thiazole rings is 1. The molecule has 0 bridgehead atoms. The predicted octanol–water partition coefficient (Wildman–Crippen LogP) is 6.66. The maximum atomic E-state index is 12.7. The van der Waals surface area contributed by atoms with E-state index in [-0.39, 0.29) is 0 Å². The second-order valence-electron chi connectivity index (χ2n) is 7.82. The minimum absolute atomic E-state index is 0.376. The zero-order valence-electron chi connectivity index (χ0n) is 18.0. The van der Waals surface area contributed by atoms with E-state index in [4.69, 9.17) is 4.42 Å². The number of allylic oxidation sites excluding steroid dienone is 1. The average Bonchev–Trinajstić information content (AvgIpc) is 3.31. The van der Waals surface area contributed by atoms with E-state index in [1.165, 1.54) is 11.3 Å². The minimum Gasteiger partial charge on any atom is -0.422 e. The highest BCUT2D eigenvalue weighted by Crippen LogP contribution is 2.30. The van der Waals surface area contributed by atoms with Gasteiger partial charge >= 0.3 is 5.63 Å². The number of nitriles is 1. The Balaban J connectivity index is 1.54. The van der Waals surface area contributed by atoms with Gasteiger partial charge in [-0.1, -0.05) is 42.5 Å². The molecule has 0 saturated heterocycles. The zero-order valence-corrected chi connectivity index (χ0v) is 18.9. The van der Waals surface area contributed by atoms with Crippen LogP contribution in [0.1, 0.15) is 16.1 Å². The standard InChI is InChI=1S/C27H19N3O2S/c1-16-7-8-17(2)23(11-16)29-14-19(13-28)26-30-24(15-33-26)22-12-21-20-6-4-3-5-18(20)9-10-25(21)32-27(22)31/h3-12,14-15,29H,1-2H3/b19-14+. The number of rotatable bonds is 4. The second-order valence-corrected chi connectivity index (χ2v) is 8.67. The molecular formula is C27H19N3O2S. The molecule has 0 saturated carbocycles. The highest BCUT2D eigenvalue weighted by Gasteiger charge is 2.15. The normalized spacial score (nSPS) is 11.6. The zero-order chi connectivity index (χ0) is 22.9. The summed E-state index contributed by atoms with van der Waals surface area (Å²) in [4.78, 5) is 17.3. The van der Waals surface area contributed by atoms with Gasteiger partial charge < -0.3 is 9.73 Å². The van der Waals surface area contributed by atoms with E-state index in [1.54, 1.807) is 11.6 Å². The SMILES string of the molecule is Cc1ccc(C)c(N/C=C(\C#N)c2nc(-c3cc4c(ccc5ccccc54)oc3=O)cs2)c1. The fraction of sp³-hybridized carbons (Fsp3) is 0.0741. The van der Waals surface area contributed by atoms with Crippen molar-refractivity contribution in [1.82, 2.24) is 4.98 Å². The van der Waals surface area contributed by atoms with Crippen LogP contribution in [0.3, 0.4) is 0 Å². The predicted molar refractivity (Wildman–Crippen MR) is 134 cm³/mol. The van der Waals surface area contributed by atoms with Crippen LogP contribution in [0, 0.1) is 25.2 Å². The van der Waals surface area contributed by atoms with Crippen LogP contribution in [0.5, 0.6) is 0 Å². The quantitative estimate of drug-likeness (QED) is 0.188. The van der Waals surface area contributed by atoms with E-state index in [0.29, 0.717) is 27.4 Å². The highest BCUT2D eigenvalue weighted by molar-refractivity contribution is 7.11. The summed E-state index contributed by atoms with van der Waals surface area (Å²) in [6, 6.07) is 21.8. The molecule has 5 aromatic rings. The third-order valence-corrected chi connectivity index (χ3v) is 6.41. The number of hydrogen-bond donors (Lipinski definition) is 1. The summed E-state index contributed by atoms with van der Waals surface area (Å²) in [6.07, 6.45) is 1.65. The minimum atomic E-state index is -0.453. The Kier molecular flexibility index (Phi) is 5.25. The van der Waals surface area contributed by atoms with Gasteiger partial charge in [0.2, 0.25) is 0 Å². The average molecular weight is 450 g/mol. The van der Waals surface area contributed by atoms with Gasteiger partial charge in [0, 0.05) is 22.7 Å². The van der Waals surface area contributed by atoms with Gasteiger partial charge in [-0.2, -0.15) is 5.26 Å². The Hall–Kier alpha value is -4.21. The van der Waals surface area contributed by atoms with E-state index in [9.17, 15) is 10.1 Å². The van der Waals surface area contributed by atoms with Crippen molar-refractivity contribution in [1.29, 1.82) is 5.26 Å². The molecule has 2 heterocycles. The van der Waals surface area contributed by atoms with Crippen LogP contribution in [0.4, 0.5) is 5.69 Å².